The number of ether oxygens (including phenoxy) is 1. The molecule has 0 aliphatic carbocycles. The molecule has 3 saturated heterocycles. The van der Waals surface area contributed by atoms with Crippen LogP contribution in [0.15, 0.2) is 29.3 Å². The molecule has 29 heavy (non-hydrogen) atoms. The molecule has 0 spiro atoms. The molecule has 0 saturated carbocycles. The molecule has 3 aliphatic rings. The second-order valence-corrected chi connectivity index (χ2v) is 8.66. The SMILES string of the molecule is CCNC(=NCCCN1CCN(c2ccccc2Cl)CC1)NC1CC2CCC1O2. The molecule has 0 amide bonds. The zero-order valence-electron chi connectivity index (χ0n) is 17.4. The average Bonchev–Trinajstić information content (AvgIpc) is 3.35. The van der Waals surface area contributed by atoms with Crippen LogP contribution in [0.1, 0.15) is 32.6 Å². The van der Waals surface area contributed by atoms with E-state index in [1.807, 2.05) is 12.1 Å². The molecule has 6 nitrogen and oxygen atoms in total. The van der Waals surface area contributed by atoms with Crippen molar-refractivity contribution in [2.45, 2.75) is 50.9 Å². The summed E-state index contributed by atoms with van der Waals surface area (Å²) in [5, 5.41) is 7.83. The Labute approximate surface area is 179 Å². The highest BCUT2D eigenvalue weighted by molar-refractivity contribution is 6.33. The van der Waals surface area contributed by atoms with Crippen LogP contribution >= 0.6 is 11.6 Å². The van der Waals surface area contributed by atoms with Gasteiger partial charge in [-0.3, -0.25) is 9.89 Å². The van der Waals surface area contributed by atoms with Crippen LogP contribution in [0.4, 0.5) is 5.69 Å². The molecular formula is C22H34ClN5O. The monoisotopic (exact) mass is 419 g/mol. The fourth-order valence-corrected chi connectivity index (χ4v) is 4.95. The van der Waals surface area contributed by atoms with E-state index in [0.717, 1.165) is 75.3 Å². The number of aliphatic imine (C=N–C) groups is 1. The van der Waals surface area contributed by atoms with Crippen molar-refractivity contribution >= 4 is 23.2 Å². The quantitative estimate of drug-likeness (QED) is 0.404. The fraction of sp³-hybridized carbons (Fsp3) is 0.682. The second-order valence-electron chi connectivity index (χ2n) is 8.25. The summed E-state index contributed by atoms with van der Waals surface area (Å²) >= 11 is 6.34. The smallest absolute Gasteiger partial charge is 0.191 e. The van der Waals surface area contributed by atoms with Gasteiger partial charge in [-0.1, -0.05) is 23.7 Å². The van der Waals surface area contributed by atoms with Crippen molar-refractivity contribution in [3.63, 3.8) is 0 Å². The summed E-state index contributed by atoms with van der Waals surface area (Å²) in [7, 11) is 0. The third-order valence-corrected chi connectivity index (χ3v) is 6.56. The number of fused-ring (bicyclic) bond motifs is 2. The normalized spacial score (nSPS) is 27.4. The predicted molar refractivity (Wildman–Crippen MR) is 120 cm³/mol. The molecular weight excluding hydrogens is 386 g/mol. The van der Waals surface area contributed by atoms with E-state index in [2.05, 4.69) is 39.5 Å². The highest BCUT2D eigenvalue weighted by Gasteiger charge is 2.41. The summed E-state index contributed by atoms with van der Waals surface area (Å²) < 4.78 is 5.95. The van der Waals surface area contributed by atoms with E-state index in [1.54, 1.807) is 0 Å². The first kappa shape index (κ1) is 20.8. The van der Waals surface area contributed by atoms with Crippen molar-refractivity contribution < 1.29 is 4.74 Å². The lowest BCUT2D eigenvalue weighted by molar-refractivity contribution is 0.0992. The van der Waals surface area contributed by atoms with Gasteiger partial charge in [0.2, 0.25) is 0 Å². The largest absolute Gasteiger partial charge is 0.373 e. The van der Waals surface area contributed by atoms with Gasteiger partial charge in [-0.2, -0.15) is 0 Å². The van der Waals surface area contributed by atoms with Gasteiger partial charge in [0.25, 0.3) is 0 Å². The van der Waals surface area contributed by atoms with Gasteiger partial charge in [0, 0.05) is 45.8 Å². The van der Waals surface area contributed by atoms with Gasteiger partial charge in [-0.05, 0) is 44.7 Å². The molecule has 2 N–H and O–H groups in total. The first-order chi connectivity index (χ1) is 14.2. The van der Waals surface area contributed by atoms with Crippen molar-refractivity contribution in [3.8, 4) is 0 Å². The second kappa shape index (κ2) is 10.0. The van der Waals surface area contributed by atoms with E-state index in [1.165, 1.54) is 12.8 Å². The molecule has 3 fully saturated rings. The van der Waals surface area contributed by atoms with Gasteiger partial charge in [0.15, 0.2) is 5.96 Å². The first-order valence-electron chi connectivity index (χ1n) is 11.1. The number of nitrogens with one attached hydrogen (secondary N) is 2. The number of rotatable bonds is 7. The van der Waals surface area contributed by atoms with Crippen molar-refractivity contribution in [1.29, 1.82) is 0 Å². The summed E-state index contributed by atoms with van der Waals surface area (Å²) in [6.07, 6.45) is 5.44. The van der Waals surface area contributed by atoms with Crippen LogP contribution in [0, 0.1) is 0 Å². The summed E-state index contributed by atoms with van der Waals surface area (Å²) in [6, 6.07) is 8.56. The van der Waals surface area contributed by atoms with Crippen molar-refractivity contribution in [2.75, 3.05) is 50.7 Å². The van der Waals surface area contributed by atoms with Crippen molar-refractivity contribution in [2.24, 2.45) is 4.99 Å². The number of halogens is 1. The minimum absolute atomic E-state index is 0.373. The number of anilines is 1. The lowest BCUT2D eigenvalue weighted by Crippen LogP contribution is -2.47. The van der Waals surface area contributed by atoms with Gasteiger partial charge in [0.1, 0.15) is 0 Å². The Kier molecular flexibility index (Phi) is 7.16. The molecule has 0 aromatic heterocycles. The van der Waals surface area contributed by atoms with Crippen molar-refractivity contribution in [1.82, 2.24) is 15.5 Å². The molecule has 3 atom stereocenters. The Morgan fingerprint density at radius 2 is 2.03 bits per heavy atom. The van der Waals surface area contributed by atoms with Crippen LogP contribution in [0.5, 0.6) is 0 Å². The number of hydrogen-bond acceptors (Lipinski definition) is 4. The molecule has 0 radical (unpaired) electrons. The maximum Gasteiger partial charge on any atom is 0.191 e. The minimum atomic E-state index is 0.373. The Bertz CT molecular complexity index is 692. The third kappa shape index (κ3) is 5.36. The maximum absolute atomic E-state index is 6.34. The Morgan fingerprint density at radius 1 is 1.21 bits per heavy atom. The molecule has 3 heterocycles. The van der Waals surface area contributed by atoms with E-state index in [-0.39, 0.29) is 0 Å². The van der Waals surface area contributed by atoms with E-state index in [0.29, 0.717) is 18.2 Å². The van der Waals surface area contributed by atoms with Gasteiger partial charge in [-0.25, -0.2) is 0 Å². The predicted octanol–water partition coefficient (Wildman–Crippen LogP) is 2.73. The highest BCUT2D eigenvalue weighted by Crippen LogP contribution is 2.34. The van der Waals surface area contributed by atoms with Gasteiger partial charge in [-0.15, -0.1) is 0 Å². The molecule has 3 aliphatic heterocycles. The zero-order valence-corrected chi connectivity index (χ0v) is 18.2. The Morgan fingerprint density at radius 3 is 2.72 bits per heavy atom. The van der Waals surface area contributed by atoms with Crippen LogP contribution in [0.25, 0.3) is 0 Å². The molecule has 2 bridgehead atoms. The van der Waals surface area contributed by atoms with E-state index < -0.39 is 0 Å². The van der Waals surface area contributed by atoms with E-state index in [9.17, 15) is 0 Å². The third-order valence-electron chi connectivity index (χ3n) is 6.24. The van der Waals surface area contributed by atoms with Crippen LogP contribution in [-0.2, 0) is 4.74 Å². The maximum atomic E-state index is 6.34. The molecule has 1 aromatic rings. The summed E-state index contributed by atoms with van der Waals surface area (Å²) in [5.74, 6) is 0.942. The molecule has 4 rings (SSSR count). The number of hydrogen-bond donors (Lipinski definition) is 2. The summed E-state index contributed by atoms with van der Waals surface area (Å²) in [4.78, 5) is 9.73. The van der Waals surface area contributed by atoms with Crippen LogP contribution in [0.2, 0.25) is 5.02 Å². The van der Waals surface area contributed by atoms with Crippen LogP contribution in [0.3, 0.4) is 0 Å². The lowest BCUT2D eigenvalue weighted by atomic mass is 9.96. The standard InChI is InChI=1S/C22H34ClN5O/c1-2-24-22(26-19-16-17-8-9-21(19)29-17)25-10-5-11-27-12-14-28(15-13-27)20-7-4-3-6-18(20)23/h3-4,6-7,17,19,21H,2,5,8-16H2,1H3,(H2,24,25,26). The molecule has 160 valence electrons. The fourth-order valence-electron chi connectivity index (χ4n) is 4.69. The average molecular weight is 420 g/mol. The molecule has 7 heteroatoms. The number of guanidine groups is 1. The summed E-state index contributed by atoms with van der Waals surface area (Å²) in [5.41, 5.74) is 1.16. The molecule has 1 aromatic carbocycles. The van der Waals surface area contributed by atoms with Crippen LogP contribution < -0.4 is 15.5 Å². The number of piperazine rings is 1. The number of nitrogens with zero attached hydrogens (tertiary/aromatic N) is 3. The van der Waals surface area contributed by atoms with E-state index in [4.69, 9.17) is 21.3 Å². The topological polar surface area (TPSA) is 52.1 Å². The number of para-hydroxylation sites is 1. The minimum Gasteiger partial charge on any atom is -0.373 e. The Balaban J connectivity index is 1.18. The number of benzene rings is 1. The van der Waals surface area contributed by atoms with Gasteiger partial charge in [0.05, 0.1) is 29.0 Å². The van der Waals surface area contributed by atoms with Gasteiger partial charge >= 0.3 is 0 Å². The van der Waals surface area contributed by atoms with Crippen molar-refractivity contribution in [3.05, 3.63) is 29.3 Å². The first-order valence-corrected chi connectivity index (χ1v) is 11.5. The van der Waals surface area contributed by atoms with Crippen LogP contribution in [-0.4, -0.2) is 74.9 Å². The summed E-state index contributed by atoms with van der Waals surface area (Å²) in [6.45, 7) is 9.16. The van der Waals surface area contributed by atoms with E-state index >= 15 is 0 Å². The highest BCUT2D eigenvalue weighted by atomic mass is 35.5. The molecule has 3 unspecified atom stereocenters. The van der Waals surface area contributed by atoms with Gasteiger partial charge < -0.3 is 20.3 Å². The Hall–Kier alpha value is -1.50. The zero-order chi connectivity index (χ0) is 20.1. The lowest BCUT2D eigenvalue weighted by Gasteiger charge is -2.36.